The van der Waals surface area contributed by atoms with Gasteiger partial charge in [0.05, 0.1) is 25.6 Å². The molecule has 1 atom stereocenters. The highest BCUT2D eigenvalue weighted by atomic mass is 16.6. The van der Waals surface area contributed by atoms with Gasteiger partial charge in [-0.25, -0.2) is 4.79 Å². The van der Waals surface area contributed by atoms with Crippen LogP contribution in [-0.2, 0) is 19.7 Å². The zero-order valence-corrected chi connectivity index (χ0v) is 18.3. The summed E-state index contributed by atoms with van der Waals surface area (Å²) in [6.45, 7) is 2.55. The van der Waals surface area contributed by atoms with E-state index in [1.54, 1.807) is 12.0 Å². The number of carbonyl (C=O) groups is 2. The SMILES string of the molecule is COc1ccc(C2(C(=O)N3CC[C@@]4(C3)CN(c3ccccc3)C(=O)O4)CCOCC2)cc1. The molecule has 3 fully saturated rings. The summed E-state index contributed by atoms with van der Waals surface area (Å²) in [5.74, 6) is 0.861. The van der Waals surface area contributed by atoms with Crippen LogP contribution in [0.3, 0.4) is 0 Å². The standard InChI is InChI=1S/C25H28N2O5/c1-30-21-9-7-19(8-10-21)25(12-15-31-16-13-25)22(28)26-14-11-24(17-26)18-27(23(29)32-24)20-5-3-2-4-6-20/h2-10H,11-18H2,1H3/t24-/m1/s1. The number of hydrogen-bond donors (Lipinski definition) is 0. The minimum absolute atomic E-state index is 0.0945. The van der Waals surface area contributed by atoms with Gasteiger partial charge in [0.1, 0.15) is 5.75 Å². The largest absolute Gasteiger partial charge is 0.497 e. The van der Waals surface area contributed by atoms with Crippen LogP contribution in [0.2, 0.25) is 0 Å². The molecule has 168 valence electrons. The molecule has 3 aliphatic rings. The first kappa shape index (κ1) is 20.8. The molecule has 0 N–H and O–H groups in total. The van der Waals surface area contributed by atoms with Crippen LogP contribution in [0.1, 0.15) is 24.8 Å². The molecule has 3 aliphatic heterocycles. The Morgan fingerprint density at radius 3 is 2.38 bits per heavy atom. The van der Waals surface area contributed by atoms with Crippen LogP contribution in [0.25, 0.3) is 0 Å². The molecule has 0 radical (unpaired) electrons. The minimum atomic E-state index is -0.658. The van der Waals surface area contributed by atoms with E-state index in [1.165, 1.54) is 0 Å². The average Bonchev–Trinajstić information content (AvgIpc) is 3.41. The van der Waals surface area contributed by atoms with E-state index in [2.05, 4.69) is 0 Å². The molecule has 7 heteroatoms. The molecule has 1 spiro atoms. The van der Waals surface area contributed by atoms with Crippen LogP contribution in [0.5, 0.6) is 5.75 Å². The number of benzene rings is 2. The van der Waals surface area contributed by atoms with Gasteiger partial charge in [-0.15, -0.1) is 0 Å². The number of carbonyl (C=O) groups excluding carboxylic acids is 2. The average molecular weight is 437 g/mol. The van der Waals surface area contributed by atoms with Gasteiger partial charge in [-0.3, -0.25) is 9.69 Å². The van der Waals surface area contributed by atoms with Gasteiger partial charge in [0.15, 0.2) is 5.60 Å². The molecular formula is C25H28N2O5. The molecular weight excluding hydrogens is 408 g/mol. The number of ether oxygens (including phenoxy) is 3. The van der Waals surface area contributed by atoms with E-state index in [0.29, 0.717) is 52.1 Å². The van der Waals surface area contributed by atoms with Gasteiger partial charge in [-0.2, -0.15) is 0 Å². The molecule has 5 rings (SSSR count). The molecule has 0 aliphatic carbocycles. The lowest BCUT2D eigenvalue weighted by Crippen LogP contribution is -2.50. The molecule has 32 heavy (non-hydrogen) atoms. The molecule has 0 bridgehead atoms. The first-order chi connectivity index (χ1) is 15.6. The number of methoxy groups -OCH3 is 1. The lowest BCUT2D eigenvalue weighted by molar-refractivity contribution is -0.141. The third-order valence-electron chi connectivity index (χ3n) is 7.04. The molecule has 3 heterocycles. The van der Waals surface area contributed by atoms with E-state index in [0.717, 1.165) is 17.0 Å². The van der Waals surface area contributed by atoms with E-state index < -0.39 is 11.0 Å². The fourth-order valence-electron chi connectivity index (χ4n) is 5.22. The highest BCUT2D eigenvalue weighted by Crippen LogP contribution is 2.41. The van der Waals surface area contributed by atoms with Crippen molar-refractivity contribution in [3.05, 3.63) is 60.2 Å². The summed E-state index contributed by atoms with van der Waals surface area (Å²) >= 11 is 0. The van der Waals surface area contributed by atoms with Gasteiger partial charge in [-0.05, 0) is 42.7 Å². The number of nitrogens with zero attached hydrogens (tertiary/aromatic N) is 2. The maximum Gasteiger partial charge on any atom is 0.415 e. The van der Waals surface area contributed by atoms with E-state index >= 15 is 0 Å². The number of amides is 2. The van der Waals surface area contributed by atoms with Crippen LogP contribution >= 0.6 is 0 Å². The zero-order chi connectivity index (χ0) is 22.2. The van der Waals surface area contributed by atoms with Crippen LogP contribution in [-0.4, -0.2) is 62.5 Å². The summed E-state index contributed by atoms with van der Waals surface area (Å²) in [4.78, 5) is 30.1. The molecule has 2 amide bonds. The predicted octanol–water partition coefficient (Wildman–Crippen LogP) is 3.37. The molecule has 0 saturated carbocycles. The topological polar surface area (TPSA) is 68.3 Å². The van der Waals surface area contributed by atoms with Crippen molar-refractivity contribution in [3.8, 4) is 5.75 Å². The van der Waals surface area contributed by atoms with Gasteiger partial charge in [0, 0.05) is 31.9 Å². The smallest absolute Gasteiger partial charge is 0.415 e. The predicted molar refractivity (Wildman–Crippen MR) is 119 cm³/mol. The molecule has 2 aromatic rings. The van der Waals surface area contributed by atoms with Crippen molar-refractivity contribution in [1.82, 2.24) is 4.90 Å². The summed E-state index contributed by atoms with van der Waals surface area (Å²) in [7, 11) is 1.63. The normalized spacial score (nSPS) is 24.6. The Bertz CT molecular complexity index is 987. The Morgan fingerprint density at radius 2 is 1.69 bits per heavy atom. The maximum atomic E-state index is 13.9. The first-order valence-corrected chi connectivity index (χ1v) is 11.1. The lowest BCUT2D eigenvalue weighted by Gasteiger charge is -2.39. The Hall–Kier alpha value is -3.06. The van der Waals surface area contributed by atoms with Crippen LogP contribution in [0.15, 0.2) is 54.6 Å². The second kappa shape index (κ2) is 8.13. The summed E-state index contributed by atoms with van der Waals surface area (Å²) in [6, 6.07) is 17.3. The number of rotatable bonds is 4. The van der Waals surface area contributed by atoms with Gasteiger partial charge in [0.25, 0.3) is 0 Å². The first-order valence-electron chi connectivity index (χ1n) is 11.1. The second-order valence-corrected chi connectivity index (χ2v) is 8.87. The molecule has 0 unspecified atom stereocenters. The fourth-order valence-corrected chi connectivity index (χ4v) is 5.22. The molecule has 3 saturated heterocycles. The molecule has 2 aromatic carbocycles. The van der Waals surface area contributed by atoms with Crippen molar-refractivity contribution in [2.24, 2.45) is 0 Å². The molecule has 7 nitrogen and oxygen atoms in total. The number of para-hydroxylation sites is 1. The Labute approximate surface area is 187 Å². The van der Waals surface area contributed by atoms with Crippen molar-refractivity contribution < 1.29 is 23.8 Å². The van der Waals surface area contributed by atoms with Crippen molar-refractivity contribution >= 4 is 17.7 Å². The number of hydrogen-bond acceptors (Lipinski definition) is 5. The van der Waals surface area contributed by atoms with E-state index in [9.17, 15) is 9.59 Å². The summed E-state index contributed by atoms with van der Waals surface area (Å²) in [6.07, 6.45) is 1.57. The number of anilines is 1. The summed E-state index contributed by atoms with van der Waals surface area (Å²) in [5, 5.41) is 0. The maximum absolute atomic E-state index is 13.9. The van der Waals surface area contributed by atoms with Crippen LogP contribution in [0, 0.1) is 0 Å². The monoisotopic (exact) mass is 436 g/mol. The van der Waals surface area contributed by atoms with Gasteiger partial charge in [0.2, 0.25) is 5.91 Å². The lowest BCUT2D eigenvalue weighted by atomic mass is 9.73. The van der Waals surface area contributed by atoms with Crippen molar-refractivity contribution in [3.63, 3.8) is 0 Å². The third kappa shape index (κ3) is 3.50. The third-order valence-corrected chi connectivity index (χ3v) is 7.04. The summed E-state index contributed by atoms with van der Waals surface area (Å²) in [5.41, 5.74) is 0.521. The summed E-state index contributed by atoms with van der Waals surface area (Å²) < 4.78 is 16.8. The van der Waals surface area contributed by atoms with E-state index in [1.807, 2.05) is 59.5 Å². The quantitative estimate of drug-likeness (QED) is 0.735. The van der Waals surface area contributed by atoms with Gasteiger partial charge < -0.3 is 19.1 Å². The highest BCUT2D eigenvalue weighted by molar-refractivity contribution is 5.91. The van der Waals surface area contributed by atoms with E-state index in [-0.39, 0.29) is 12.0 Å². The van der Waals surface area contributed by atoms with Crippen LogP contribution in [0.4, 0.5) is 10.5 Å². The second-order valence-electron chi connectivity index (χ2n) is 8.87. The fraction of sp³-hybridized carbons (Fsp3) is 0.440. The molecule has 0 aromatic heterocycles. The Morgan fingerprint density at radius 1 is 0.969 bits per heavy atom. The van der Waals surface area contributed by atoms with E-state index in [4.69, 9.17) is 14.2 Å². The van der Waals surface area contributed by atoms with Crippen molar-refractivity contribution in [2.45, 2.75) is 30.3 Å². The van der Waals surface area contributed by atoms with Crippen LogP contribution < -0.4 is 9.64 Å². The highest BCUT2D eigenvalue weighted by Gasteiger charge is 2.54. The number of likely N-dealkylation sites (tertiary alicyclic amines) is 1. The zero-order valence-electron chi connectivity index (χ0n) is 18.3. The minimum Gasteiger partial charge on any atom is -0.497 e. The van der Waals surface area contributed by atoms with Crippen molar-refractivity contribution in [2.75, 3.05) is 44.9 Å². The van der Waals surface area contributed by atoms with Gasteiger partial charge in [-0.1, -0.05) is 30.3 Å². The van der Waals surface area contributed by atoms with Crippen molar-refractivity contribution in [1.29, 1.82) is 0 Å². The van der Waals surface area contributed by atoms with Gasteiger partial charge >= 0.3 is 6.09 Å². The Balaban J connectivity index is 1.37. The Kier molecular flexibility index (Phi) is 5.29.